The molecule has 0 aliphatic rings. The Labute approximate surface area is 49.1 Å². The Hall–Kier alpha value is -0.120. The summed E-state index contributed by atoms with van der Waals surface area (Å²) in [4.78, 5) is 0. The second-order valence-electron chi connectivity index (χ2n) is 2.34. The summed E-state index contributed by atoms with van der Waals surface area (Å²) < 4.78 is 0. The quantitative estimate of drug-likeness (QED) is 0.440. The zero-order chi connectivity index (χ0) is 6.78. The van der Waals surface area contributed by atoms with E-state index in [9.17, 15) is 0 Å². The lowest BCUT2D eigenvalue weighted by atomic mass is 9.99. The van der Waals surface area contributed by atoms with Crippen molar-refractivity contribution < 1.29 is 10.2 Å². The van der Waals surface area contributed by atoms with Crippen molar-refractivity contribution in [1.29, 1.82) is 0 Å². The van der Waals surface area contributed by atoms with E-state index in [1.54, 1.807) is 13.8 Å². The molecule has 3 nitrogen and oxygen atoms in total. The van der Waals surface area contributed by atoms with Crippen LogP contribution in [0, 0.1) is 0 Å². The van der Waals surface area contributed by atoms with Crippen LogP contribution >= 0.6 is 0 Å². The lowest BCUT2D eigenvalue weighted by molar-refractivity contribution is 0.0667. The molecule has 0 fully saturated rings. The molecule has 0 saturated carbocycles. The van der Waals surface area contributed by atoms with E-state index in [1.807, 2.05) is 0 Å². The molecule has 3 heteroatoms. The lowest BCUT2D eigenvalue weighted by Gasteiger charge is -2.24. The van der Waals surface area contributed by atoms with Crippen molar-refractivity contribution in [3.63, 3.8) is 0 Å². The largest absolute Gasteiger partial charge is 0.394 e. The van der Waals surface area contributed by atoms with Gasteiger partial charge in [-0.15, -0.1) is 0 Å². The van der Waals surface area contributed by atoms with Crippen LogP contribution in [0.15, 0.2) is 0 Å². The van der Waals surface area contributed by atoms with Crippen molar-refractivity contribution in [2.45, 2.75) is 25.5 Å². The zero-order valence-electron chi connectivity index (χ0n) is 5.26. The molecular weight excluding hydrogens is 106 g/mol. The first-order valence-corrected chi connectivity index (χ1v) is 2.58. The number of rotatable bonds is 2. The maximum Gasteiger partial charge on any atom is 0.0711 e. The van der Waals surface area contributed by atoms with Gasteiger partial charge in [0.25, 0.3) is 0 Å². The SMILES string of the molecule is CC(O)C(C)(N)CO. The number of nitrogens with two attached hydrogens (primary N) is 1. The normalized spacial score (nSPS) is 22.1. The number of hydrogen-bond acceptors (Lipinski definition) is 3. The molecule has 2 unspecified atom stereocenters. The van der Waals surface area contributed by atoms with Gasteiger partial charge in [0.05, 0.1) is 18.2 Å². The van der Waals surface area contributed by atoms with Crippen LogP contribution < -0.4 is 5.73 Å². The number of aliphatic hydroxyl groups excluding tert-OH is 2. The van der Waals surface area contributed by atoms with Gasteiger partial charge in [0.15, 0.2) is 0 Å². The molecule has 0 radical (unpaired) electrons. The second-order valence-corrected chi connectivity index (χ2v) is 2.34. The summed E-state index contributed by atoms with van der Waals surface area (Å²) >= 11 is 0. The van der Waals surface area contributed by atoms with Crippen LogP contribution in [0.1, 0.15) is 13.8 Å². The molecule has 0 aliphatic carbocycles. The van der Waals surface area contributed by atoms with Gasteiger partial charge in [-0.3, -0.25) is 0 Å². The van der Waals surface area contributed by atoms with Crippen LogP contribution in [0.3, 0.4) is 0 Å². The summed E-state index contributed by atoms with van der Waals surface area (Å²) in [6.45, 7) is 2.96. The first kappa shape index (κ1) is 7.88. The predicted octanol–water partition coefficient (Wildman–Crippen LogP) is -0.923. The Bertz CT molecular complexity index is 70.8. The monoisotopic (exact) mass is 119 g/mol. The van der Waals surface area contributed by atoms with E-state index in [1.165, 1.54) is 0 Å². The molecule has 0 spiro atoms. The van der Waals surface area contributed by atoms with Gasteiger partial charge in [-0.2, -0.15) is 0 Å². The van der Waals surface area contributed by atoms with Crippen molar-refractivity contribution in [3.05, 3.63) is 0 Å². The van der Waals surface area contributed by atoms with Gasteiger partial charge in [0.2, 0.25) is 0 Å². The maximum atomic E-state index is 8.80. The van der Waals surface area contributed by atoms with Gasteiger partial charge >= 0.3 is 0 Å². The Morgan fingerprint density at radius 1 is 1.75 bits per heavy atom. The fraction of sp³-hybridized carbons (Fsp3) is 1.00. The summed E-state index contributed by atoms with van der Waals surface area (Å²) in [6.07, 6.45) is -0.660. The van der Waals surface area contributed by atoms with Gasteiger partial charge < -0.3 is 15.9 Å². The van der Waals surface area contributed by atoms with Crippen LogP contribution in [0.2, 0.25) is 0 Å². The van der Waals surface area contributed by atoms with E-state index < -0.39 is 11.6 Å². The highest BCUT2D eigenvalue weighted by atomic mass is 16.3. The van der Waals surface area contributed by atoms with Gasteiger partial charge in [-0.25, -0.2) is 0 Å². The summed E-state index contributed by atoms with van der Waals surface area (Å²) in [7, 11) is 0. The summed E-state index contributed by atoms with van der Waals surface area (Å²) in [5, 5.41) is 17.3. The van der Waals surface area contributed by atoms with Crippen molar-refractivity contribution in [2.75, 3.05) is 6.61 Å². The van der Waals surface area contributed by atoms with Crippen molar-refractivity contribution in [1.82, 2.24) is 0 Å². The number of hydrogen-bond donors (Lipinski definition) is 3. The third-order valence-corrected chi connectivity index (χ3v) is 1.30. The molecule has 0 heterocycles. The summed E-state index contributed by atoms with van der Waals surface area (Å²) in [5.74, 6) is 0. The molecular formula is C5H13NO2. The Morgan fingerprint density at radius 2 is 2.12 bits per heavy atom. The fourth-order valence-corrected chi connectivity index (χ4v) is 0.132. The third kappa shape index (κ3) is 1.78. The third-order valence-electron chi connectivity index (χ3n) is 1.30. The van der Waals surface area contributed by atoms with E-state index in [4.69, 9.17) is 15.9 Å². The molecule has 0 bridgehead atoms. The van der Waals surface area contributed by atoms with Crippen LogP contribution in [0.25, 0.3) is 0 Å². The zero-order valence-corrected chi connectivity index (χ0v) is 5.26. The van der Waals surface area contributed by atoms with Crippen molar-refractivity contribution >= 4 is 0 Å². The Morgan fingerprint density at radius 3 is 2.12 bits per heavy atom. The molecule has 0 saturated heterocycles. The van der Waals surface area contributed by atoms with Gasteiger partial charge in [-0.1, -0.05) is 0 Å². The molecule has 50 valence electrons. The van der Waals surface area contributed by atoms with E-state index in [-0.39, 0.29) is 6.61 Å². The van der Waals surface area contributed by atoms with Crippen molar-refractivity contribution in [2.24, 2.45) is 5.73 Å². The molecule has 0 aliphatic heterocycles. The minimum atomic E-state index is -0.847. The summed E-state index contributed by atoms with van der Waals surface area (Å²) in [5.41, 5.74) is 4.51. The van der Waals surface area contributed by atoms with E-state index in [0.29, 0.717) is 0 Å². The predicted molar refractivity (Wildman–Crippen MR) is 31.4 cm³/mol. The second kappa shape index (κ2) is 2.44. The Kier molecular flexibility index (Phi) is 2.40. The van der Waals surface area contributed by atoms with Crippen LogP contribution in [-0.4, -0.2) is 28.5 Å². The molecule has 0 amide bonds. The lowest BCUT2D eigenvalue weighted by Crippen LogP contribution is -2.49. The van der Waals surface area contributed by atoms with Gasteiger partial charge in [0.1, 0.15) is 0 Å². The molecule has 0 rings (SSSR count). The van der Waals surface area contributed by atoms with Crippen LogP contribution in [0.4, 0.5) is 0 Å². The minimum absolute atomic E-state index is 0.190. The average molecular weight is 119 g/mol. The topological polar surface area (TPSA) is 66.5 Å². The molecule has 0 aromatic rings. The molecule has 2 atom stereocenters. The standard InChI is InChI=1S/C5H13NO2/c1-4(8)5(2,6)3-7/h4,7-8H,3,6H2,1-2H3. The number of aliphatic hydroxyl groups is 2. The molecule has 4 N–H and O–H groups in total. The highest BCUT2D eigenvalue weighted by Crippen LogP contribution is 2.02. The first-order chi connectivity index (χ1) is 3.50. The summed E-state index contributed by atoms with van der Waals surface area (Å²) in [6, 6.07) is 0. The van der Waals surface area contributed by atoms with Crippen LogP contribution in [0.5, 0.6) is 0 Å². The molecule has 8 heavy (non-hydrogen) atoms. The minimum Gasteiger partial charge on any atom is -0.394 e. The van der Waals surface area contributed by atoms with Gasteiger partial charge in [-0.05, 0) is 13.8 Å². The Balaban J connectivity index is 3.71. The fourth-order valence-electron chi connectivity index (χ4n) is 0.132. The van der Waals surface area contributed by atoms with Crippen LogP contribution in [-0.2, 0) is 0 Å². The van der Waals surface area contributed by atoms with E-state index in [0.717, 1.165) is 0 Å². The highest BCUT2D eigenvalue weighted by Gasteiger charge is 2.22. The van der Waals surface area contributed by atoms with E-state index in [2.05, 4.69) is 0 Å². The molecule has 0 aromatic carbocycles. The van der Waals surface area contributed by atoms with Crippen molar-refractivity contribution in [3.8, 4) is 0 Å². The van der Waals surface area contributed by atoms with E-state index >= 15 is 0 Å². The molecule has 0 aromatic heterocycles. The maximum absolute atomic E-state index is 8.80. The first-order valence-electron chi connectivity index (χ1n) is 2.58. The van der Waals surface area contributed by atoms with Gasteiger partial charge in [0, 0.05) is 0 Å². The highest BCUT2D eigenvalue weighted by molar-refractivity contribution is 4.82. The average Bonchev–Trinajstić information content (AvgIpc) is 1.67. The smallest absolute Gasteiger partial charge is 0.0711 e.